The van der Waals surface area contributed by atoms with Crippen LogP contribution in [0.2, 0.25) is 5.02 Å². The van der Waals surface area contributed by atoms with Gasteiger partial charge in [-0.3, -0.25) is 14.9 Å². The number of nitrogens with one attached hydrogen (secondary N) is 1. The summed E-state index contributed by atoms with van der Waals surface area (Å²) in [7, 11) is 0. The van der Waals surface area contributed by atoms with Crippen LogP contribution in [0.4, 0.5) is 11.4 Å². The number of hydrogen-bond donors (Lipinski definition) is 2. The Morgan fingerprint density at radius 3 is 2.75 bits per heavy atom. The van der Waals surface area contributed by atoms with Crippen LogP contribution in [0.5, 0.6) is 0 Å². The third-order valence-corrected chi connectivity index (χ3v) is 2.13. The van der Waals surface area contributed by atoms with Crippen molar-refractivity contribution in [3.05, 3.63) is 33.3 Å². The first kappa shape index (κ1) is 12.3. The van der Waals surface area contributed by atoms with E-state index < -0.39 is 10.9 Å². The van der Waals surface area contributed by atoms with Crippen molar-refractivity contribution in [1.29, 1.82) is 0 Å². The Morgan fingerprint density at radius 2 is 2.25 bits per heavy atom. The molecule has 16 heavy (non-hydrogen) atoms. The fourth-order valence-electron chi connectivity index (χ4n) is 1.07. The number of benzene rings is 1. The van der Waals surface area contributed by atoms with Crippen LogP contribution in [0.25, 0.3) is 0 Å². The minimum absolute atomic E-state index is 0.0483. The van der Waals surface area contributed by atoms with Gasteiger partial charge in [-0.15, -0.1) is 0 Å². The maximum atomic E-state index is 10.4. The molecule has 0 spiro atoms. The summed E-state index contributed by atoms with van der Waals surface area (Å²) in [6, 6.07) is 3.96. The van der Waals surface area contributed by atoms with Crippen LogP contribution >= 0.6 is 11.6 Å². The molecule has 86 valence electrons. The van der Waals surface area contributed by atoms with Crippen LogP contribution in [0, 0.1) is 10.1 Å². The molecule has 0 aromatic heterocycles. The number of carboxylic acids is 1. The molecule has 0 bridgehead atoms. The highest BCUT2D eigenvalue weighted by Crippen LogP contribution is 2.26. The van der Waals surface area contributed by atoms with Crippen LogP contribution in [0.3, 0.4) is 0 Å². The van der Waals surface area contributed by atoms with Gasteiger partial charge in [0.1, 0.15) is 0 Å². The highest BCUT2D eigenvalue weighted by Gasteiger charge is 2.09. The van der Waals surface area contributed by atoms with Gasteiger partial charge in [0.15, 0.2) is 0 Å². The maximum Gasteiger partial charge on any atom is 0.305 e. The molecule has 0 heterocycles. The second kappa shape index (κ2) is 5.32. The zero-order valence-corrected chi connectivity index (χ0v) is 8.90. The number of nitrogens with zero attached hydrogens (tertiary/aromatic N) is 1. The lowest BCUT2D eigenvalue weighted by Crippen LogP contribution is -2.07. The number of carboxylic acid groups (broad SMARTS) is 1. The molecule has 0 fully saturated rings. The molecule has 0 radical (unpaired) electrons. The molecule has 2 N–H and O–H groups in total. The Bertz CT molecular complexity index is 422. The van der Waals surface area contributed by atoms with E-state index in [0.29, 0.717) is 5.69 Å². The van der Waals surface area contributed by atoms with E-state index in [2.05, 4.69) is 5.32 Å². The van der Waals surface area contributed by atoms with Crippen molar-refractivity contribution in [1.82, 2.24) is 0 Å². The van der Waals surface area contributed by atoms with E-state index in [9.17, 15) is 14.9 Å². The molecule has 0 aliphatic rings. The predicted molar refractivity (Wildman–Crippen MR) is 58.8 cm³/mol. The predicted octanol–water partition coefficient (Wildman–Crippen LogP) is 2.13. The quantitative estimate of drug-likeness (QED) is 0.611. The third-order valence-electron chi connectivity index (χ3n) is 1.82. The molecule has 1 aromatic rings. The van der Waals surface area contributed by atoms with Crippen molar-refractivity contribution in [2.24, 2.45) is 0 Å². The zero-order chi connectivity index (χ0) is 12.1. The van der Waals surface area contributed by atoms with Crippen molar-refractivity contribution in [2.45, 2.75) is 6.42 Å². The normalized spacial score (nSPS) is 9.81. The Labute approximate surface area is 96.0 Å². The summed E-state index contributed by atoms with van der Waals surface area (Å²) < 4.78 is 0. The average molecular weight is 245 g/mol. The third kappa shape index (κ3) is 3.39. The monoisotopic (exact) mass is 244 g/mol. The Kier molecular flexibility index (Phi) is 4.07. The van der Waals surface area contributed by atoms with Gasteiger partial charge < -0.3 is 10.4 Å². The Balaban J connectivity index is 2.68. The first-order chi connectivity index (χ1) is 7.50. The van der Waals surface area contributed by atoms with Crippen LogP contribution in [0.15, 0.2) is 18.2 Å². The number of anilines is 1. The summed E-state index contributed by atoms with van der Waals surface area (Å²) in [4.78, 5) is 20.1. The minimum atomic E-state index is -0.925. The lowest BCUT2D eigenvalue weighted by Gasteiger charge is -2.06. The number of non-ortho nitro benzene ring substituents is 1. The fourth-order valence-corrected chi connectivity index (χ4v) is 1.31. The van der Waals surface area contributed by atoms with Gasteiger partial charge in [-0.25, -0.2) is 0 Å². The molecule has 7 heteroatoms. The molecule has 0 amide bonds. The van der Waals surface area contributed by atoms with Crippen molar-refractivity contribution in [3.8, 4) is 0 Å². The van der Waals surface area contributed by atoms with Crippen LogP contribution in [-0.2, 0) is 4.79 Å². The van der Waals surface area contributed by atoms with Gasteiger partial charge in [0.05, 0.1) is 22.1 Å². The first-order valence-electron chi connectivity index (χ1n) is 4.40. The van der Waals surface area contributed by atoms with E-state index in [1.165, 1.54) is 18.2 Å². The minimum Gasteiger partial charge on any atom is -0.481 e. The summed E-state index contributed by atoms with van der Waals surface area (Å²) in [5.41, 5.74) is 0.377. The molecule has 1 aromatic carbocycles. The molecule has 6 nitrogen and oxygen atoms in total. The van der Waals surface area contributed by atoms with E-state index in [1.54, 1.807) is 0 Å². The van der Waals surface area contributed by atoms with E-state index in [4.69, 9.17) is 16.7 Å². The molecule has 0 saturated heterocycles. The van der Waals surface area contributed by atoms with Crippen molar-refractivity contribution >= 4 is 28.9 Å². The van der Waals surface area contributed by atoms with Crippen LogP contribution < -0.4 is 5.32 Å². The van der Waals surface area contributed by atoms with Crippen LogP contribution in [0.1, 0.15) is 6.42 Å². The average Bonchev–Trinajstić information content (AvgIpc) is 2.19. The number of nitro groups is 1. The lowest BCUT2D eigenvalue weighted by atomic mass is 10.2. The van der Waals surface area contributed by atoms with Crippen molar-refractivity contribution < 1.29 is 14.8 Å². The number of rotatable bonds is 5. The standard InChI is InChI=1S/C9H9ClN2O4/c10-7-5-6(12(15)16)1-2-8(7)11-4-3-9(13)14/h1-2,5,11H,3-4H2,(H,13,14). The number of halogens is 1. The van der Waals surface area contributed by atoms with Gasteiger partial charge in [-0.05, 0) is 6.07 Å². The molecule has 0 saturated carbocycles. The zero-order valence-electron chi connectivity index (χ0n) is 8.14. The van der Waals surface area contributed by atoms with Gasteiger partial charge in [0.25, 0.3) is 5.69 Å². The van der Waals surface area contributed by atoms with Crippen molar-refractivity contribution in [2.75, 3.05) is 11.9 Å². The summed E-state index contributed by atoms with van der Waals surface area (Å²) >= 11 is 5.77. The number of aliphatic carboxylic acids is 1. The first-order valence-corrected chi connectivity index (χ1v) is 4.78. The summed E-state index contributed by atoms with van der Waals surface area (Å²) in [6.07, 6.45) is -0.0483. The lowest BCUT2D eigenvalue weighted by molar-refractivity contribution is -0.384. The van der Waals surface area contributed by atoms with Gasteiger partial charge in [0.2, 0.25) is 0 Å². The van der Waals surface area contributed by atoms with Gasteiger partial charge >= 0.3 is 5.97 Å². The van der Waals surface area contributed by atoms with E-state index in [-0.39, 0.29) is 23.7 Å². The summed E-state index contributed by atoms with van der Waals surface area (Å²) in [5.74, 6) is -0.925. The largest absolute Gasteiger partial charge is 0.481 e. The second-order valence-electron chi connectivity index (χ2n) is 2.99. The SMILES string of the molecule is O=C(O)CCNc1ccc([N+](=O)[O-])cc1Cl. The fraction of sp³-hybridized carbons (Fsp3) is 0.222. The molecular formula is C9H9ClN2O4. The highest BCUT2D eigenvalue weighted by atomic mass is 35.5. The molecule has 1 rings (SSSR count). The summed E-state index contributed by atoms with van der Waals surface area (Å²) in [5, 5.41) is 21.8. The van der Waals surface area contributed by atoms with E-state index in [1.807, 2.05) is 0 Å². The molecular weight excluding hydrogens is 236 g/mol. The molecule has 0 unspecified atom stereocenters. The van der Waals surface area contributed by atoms with Crippen molar-refractivity contribution in [3.63, 3.8) is 0 Å². The molecule has 0 aliphatic heterocycles. The second-order valence-corrected chi connectivity index (χ2v) is 3.40. The maximum absolute atomic E-state index is 10.4. The summed E-state index contributed by atoms with van der Waals surface area (Å²) in [6.45, 7) is 0.215. The number of hydrogen-bond acceptors (Lipinski definition) is 4. The van der Waals surface area contributed by atoms with Gasteiger partial charge in [-0.2, -0.15) is 0 Å². The molecule has 0 aliphatic carbocycles. The van der Waals surface area contributed by atoms with E-state index >= 15 is 0 Å². The smallest absolute Gasteiger partial charge is 0.305 e. The van der Waals surface area contributed by atoms with E-state index in [0.717, 1.165) is 0 Å². The topological polar surface area (TPSA) is 92.5 Å². The van der Waals surface area contributed by atoms with Crippen LogP contribution in [-0.4, -0.2) is 22.5 Å². The number of nitro benzene ring substituents is 1. The van der Waals surface area contributed by atoms with Gasteiger partial charge in [0, 0.05) is 18.7 Å². The molecule has 0 atom stereocenters. The Morgan fingerprint density at radius 1 is 1.56 bits per heavy atom. The number of carbonyl (C=O) groups is 1. The highest BCUT2D eigenvalue weighted by molar-refractivity contribution is 6.33. The van der Waals surface area contributed by atoms with Gasteiger partial charge in [-0.1, -0.05) is 11.6 Å². The Hall–Kier alpha value is -1.82.